The molecule has 0 atom stereocenters. The van der Waals surface area contributed by atoms with Gasteiger partial charge in [0.25, 0.3) is 5.91 Å². The van der Waals surface area contributed by atoms with E-state index in [1.54, 1.807) is 17.4 Å². The molecule has 0 fully saturated rings. The molecule has 0 aliphatic carbocycles. The lowest BCUT2D eigenvalue weighted by atomic mass is 10.2. The van der Waals surface area contributed by atoms with E-state index in [4.69, 9.17) is 0 Å². The van der Waals surface area contributed by atoms with Gasteiger partial charge >= 0.3 is 0 Å². The molecule has 2 aromatic carbocycles. The minimum Gasteiger partial charge on any atom is -0.331 e. The van der Waals surface area contributed by atoms with Gasteiger partial charge in [0.15, 0.2) is 0 Å². The average Bonchev–Trinajstić information content (AvgIpc) is 3.20. The van der Waals surface area contributed by atoms with Gasteiger partial charge in [-0.05, 0) is 53.8 Å². The third-order valence-corrected chi connectivity index (χ3v) is 5.23. The maximum Gasteiger partial charge on any atom is 0.272 e. The minimum absolute atomic E-state index is 0.167. The van der Waals surface area contributed by atoms with Crippen LogP contribution in [0.1, 0.15) is 21.6 Å². The van der Waals surface area contributed by atoms with Crippen molar-refractivity contribution in [3.05, 3.63) is 88.7 Å². The van der Waals surface area contributed by atoms with Gasteiger partial charge in [-0.3, -0.25) is 4.79 Å². The van der Waals surface area contributed by atoms with Crippen molar-refractivity contribution in [1.29, 1.82) is 0 Å². The fourth-order valence-electron chi connectivity index (χ4n) is 3.05. The zero-order valence-electron chi connectivity index (χ0n) is 14.2. The van der Waals surface area contributed by atoms with Crippen LogP contribution in [-0.2, 0) is 6.54 Å². The van der Waals surface area contributed by atoms with Crippen LogP contribution in [0.15, 0.2) is 66.0 Å². The number of hydrogen-bond acceptors (Lipinski definition) is 2. The molecule has 0 saturated carbocycles. The van der Waals surface area contributed by atoms with Crippen molar-refractivity contribution >= 4 is 33.1 Å². The van der Waals surface area contributed by atoms with Gasteiger partial charge in [0.1, 0.15) is 11.5 Å². The standard InChI is InChI=1S/C21H17FN2OS/c1-14-5-2-3-8-17(14)23-21(25)19-12-20-18(9-10-26-20)24(19)13-15-6-4-7-16(22)11-15/h2-12H,13H2,1H3,(H,23,25). The van der Waals surface area contributed by atoms with Crippen LogP contribution in [0.3, 0.4) is 0 Å². The fraction of sp³-hybridized carbons (Fsp3) is 0.0952. The SMILES string of the molecule is Cc1ccccc1NC(=O)c1cc2sccc2n1Cc1cccc(F)c1. The van der Waals surface area contributed by atoms with Gasteiger partial charge in [0, 0.05) is 12.2 Å². The summed E-state index contributed by atoms with van der Waals surface area (Å²) in [4.78, 5) is 12.9. The quantitative estimate of drug-likeness (QED) is 0.513. The molecule has 0 spiro atoms. The van der Waals surface area contributed by atoms with E-state index in [0.717, 1.165) is 27.0 Å². The number of anilines is 1. The van der Waals surface area contributed by atoms with E-state index >= 15 is 0 Å². The Hall–Kier alpha value is -2.92. The Morgan fingerprint density at radius 1 is 1.12 bits per heavy atom. The molecule has 2 aromatic heterocycles. The van der Waals surface area contributed by atoms with Crippen LogP contribution in [0, 0.1) is 12.7 Å². The molecule has 130 valence electrons. The van der Waals surface area contributed by atoms with Crippen LogP contribution < -0.4 is 5.32 Å². The Kier molecular flexibility index (Phi) is 4.31. The number of fused-ring (bicyclic) bond motifs is 1. The molecule has 0 radical (unpaired) electrons. The van der Waals surface area contributed by atoms with E-state index in [0.29, 0.717) is 12.2 Å². The lowest BCUT2D eigenvalue weighted by molar-refractivity contribution is 0.101. The number of thiophene rings is 1. The highest BCUT2D eigenvalue weighted by Gasteiger charge is 2.17. The van der Waals surface area contributed by atoms with E-state index in [-0.39, 0.29) is 11.7 Å². The molecule has 26 heavy (non-hydrogen) atoms. The van der Waals surface area contributed by atoms with Crippen LogP contribution >= 0.6 is 11.3 Å². The van der Waals surface area contributed by atoms with Crippen molar-refractivity contribution in [2.75, 3.05) is 5.32 Å². The van der Waals surface area contributed by atoms with Crippen LogP contribution in [-0.4, -0.2) is 10.5 Å². The maximum atomic E-state index is 13.6. The Labute approximate surface area is 154 Å². The molecule has 0 aliphatic heterocycles. The maximum absolute atomic E-state index is 13.6. The van der Waals surface area contributed by atoms with Gasteiger partial charge in [-0.2, -0.15) is 0 Å². The molecule has 4 rings (SSSR count). The summed E-state index contributed by atoms with van der Waals surface area (Å²) in [7, 11) is 0. The number of carbonyl (C=O) groups excluding carboxylic acids is 1. The molecule has 4 aromatic rings. The summed E-state index contributed by atoms with van der Waals surface area (Å²) < 4.78 is 16.5. The molecule has 1 N–H and O–H groups in total. The van der Waals surface area contributed by atoms with Crippen molar-refractivity contribution < 1.29 is 9.18 Å². The number of nitrogens with zero attached hydrogens (tertiary/aromatic N) is 1. The first-order valence-corrected chi connectivity index (χ1v) is 9.18. The normalized spacial score (nSPS) is 11.0. The third kappa shape index (κ3) is 3.13. The number of para-hydroxylation sites is 1. The summed E-state index contributed by atoms with van der Waals surface area (Å²) >= 11 is 1.59. The number of aromatic nitrogens is 1. The molecule has 0 saturated heterocycles. The predicted molar refractivity (Wildman–Crippen MR) is 104 cm³/mol. The van der Waals surface area contributed by atoms with Gasteiger partial charge in [-0.15, -0.1) is 11.3 Å². The summed E-state index contributed by atoms with van der Waals surface area (Å²) in [5.74, 6) is -0.443. The molecule has 0 bridgehead atoms. The monoisotopic (exact) mass is 364 g/mol. The van der Waals surface area contributed by atoms with Crippen molar-refractivity contribution in [3.63, 3.8) is 0 Å². The second-order valence-electron chi connectivity index (χ2n) is 6.18. The number of nitrogens with one attached hydrogen (secondary N) is 1. The Morgan fingerprint density at radius 2 is 1.96 bits per heavy atom. The molecule has 2 heterocycles. The van der Waals surface area contributed by atoms with Gasteiger partial charge in [-0.25, -0.2) is 4.39 Å². The van der Waals surface area contributed by atoms with Crippen LogP contribution in [0.25, 0.3) is 10.2 Å². The van der Waals surface area contributed by atoms with Gasteiger partial charge < -0.3 is 9.88 Å². The highest BCUT2D eigenvalue weighted by atomic mass is 32.1. The van der Waals surface area contributed by atoms with E-state index in [1.165, 1.54) is 12.1 Å². The number of amides is 1. The molecule has 3 nitrogen and oxygen atoms in total. The molecular formula is C21H17FN2OS. The van der Waals surface area contributed by atoms with Crippen molar-refractivity contribution in [2.45, 2.75) is 13.5 Å². The number of benzene rings is 2. The summed E-state index contributed by atoms with van der Waals surface area (Å²) in [6.45, 7) is 2.40. The van der Waals surface area contributed by atoms with E-state index in [1.807, 2.05) is 59.3 Å². The van der Waals surface area contributed by atoms with Crippen molar-refractivity contribution in [1.82, 2.24) is 4.57 Å². The van der Waals surface area contributed by atoms with Crippen molar-refractivity contribution in [3.8, 4) is 0 Å². The largest absolute Gasteiger partial charge is 0.331 e. The van der Waals surface area contributed by atoms with E-state index in [2.05, 4.69) is 5.32 Å². The number of aryl methyl sites for hydroxylation is 1. The lowest BCUT2D eigenvalue weighted by Gasteiger charge is -2.12. The summed E-state index contributed by atoms with van der Waals surface area (Å²) in [6, 6.07) is 18.0. The fourth-order valence-corrected chi connectivity index (χ4v) is 3.88. The van der Waals surface area contributed by atoms with Gasteiger partial charge in [0.2, 0.25) is 0 Å². The molecule has 0 unspecified atom stereocenters. The van der Waals surface area contributed by atoms with Crippen LogP contribution in [0.5, 0.6) is 0 Å². The lowest BCUT2D eigenvalue weighted by Crippen LogP contribution is -2.18. The molecular weight excluding hydrogens is 347 g/mol. The van der Waals surface area contributed by atoms with E-state index < -0.39 is 0 Å². The summed E-state index contributed by atoms with van der Waals surface area (Å²) in [6.07, 6.45) is 0. The Balaban J connectivity index is 1.72. The van der Waals surface area contributed by atoms with Crippen LogP contribution in [0.4, 0.5) is 10.1 Å². The topological polar surface area (TPSA) is 34.0 Å². The molecule has 0 aliphatic rings. The second-order valence-corrected chi connectivity index (χ2v) is 7.13. The number of hydrogen-bond donors (Lipinski definition) is 1. The van der Waals surface area contributed by atoms with Crippen LogP contribution in [0.2, 0.25) is 0 Å². The number of carbonyl (C=O) groups is 1. The Bertz CT molecular complexity index is 1100. The predicted octanol–water partition coefficient (Wildman–Crippen LogP) is 5.45. The van der Waals surface area contributed by atoms with Gasteiger partial charge in [0.05, 0.1) is 10.2 Å². The third-order valence-electron chi connectivity index (χ3n) is 4.38. The molecule has 1 amide bonds. The highest BCUT2D eigenvalue weighted by Crippen LogP contribution is 2.27. The summed E-state index contributed by atoms with van der Waals surface area (Å²) in [5, 5.41) is 4.98. The first-order chi connectivity index (χ1) is 12.6. The first-order valence-electron chi connectivity index (χ1n) is 8.30. The smallest absolute Gasteiger partial charge is 0.272 e. The zero-order valence-corrected chi connectivity index (χ0v) is 15.0. The highest BCUT2D eigenvalue weighted by molar-refractivity contribution is 7.17. The van der Waals surface area contributed by atoms with E-state index in [9.17, 15) is 9.18 Å². The number of halogens is 1. The first kappa shape index (κ1) is 16.5. The average molecular weight is 364 g/mol. The summed E-state index contributed by atoms with van der Waals surface area (Å²) in [5.41, 5.74) is 4.16. The van der Waals surface area contributed by atoms with Crippen molar-refractivity contribution in [2.24, 2.45) is 0 Å². The zero-order chi connectivity index (χ0) is 18.1. The van der Waals surface area contributed by atoms with Gasteiger partial charge in [-0.1, -0.05) is 30.3 Å². The second kappa shape index (κ2) is 6.77. The number of rotatable bonds is 4. The Morgan fingerprint density at radius 3 is 2.77 bits per heavy atom. The minimum atomic E-state index is -0.276. The molecule has 5 heteroatoms.